The van der Waals surface area contributed by atoms with Crippen LogP contribution in [0.15, 0.2) is 6.07 Å². The number of benzene rings is 1. The molecule has 0 atom stereocenters. The first-order chi connectivity index (χ1) is 6.99. The largest absolute Gasteiger partial charge is 0.504 e. The summed E-state index contributed by atoms with van der Waals surface area (Å²) in [7, 11) is 1.57. The summed E-state index contributed by atoms with van der Waals surface area (Å²) in [5.74, 6) is 0.766. The predicted molar refractivity (Wildman–Crippen MR) is 59.2 cm³/mol. The van der Waals surface area contributed by atoms with Crippen LogP contribution in [0.3, 0.4) is 0 Å². The zero-order valence-corrected chi connectivity index (χ0v) is 9.42. The van der Waals surface area contributed by atoms with Crippen molar-refractivity contribution in [2.45, 2.75) is 32.2 Å². The van der Waals surface area contributed by atoms with Gasteiger partial charge in [-0.25, -0.2) is 0 Å². The lowest BCUT2D eigenvalue weighted by atomic mass is 9.96. The molecular weight excluding hydrogens is 190 g/mol. The topological polar surface area (TPSA) is 55.5 Å². The first kappa shape index (κ1) is 10.3. The van der Waals surface area contributed by atoms with Crippen LogP contribution >= 0.6 is 0 Å². The zero-order valence-electron chi connectivity index (χ0n) is 9.42. The van der Waals surface area contributed by atoms with E-state index in [1.807, 2.05) is 19.9 Å². The van der Waals surface area contributed by atoms with Crippen LogP contribution in [0.2, 0.25) is 0 Å². The predicted octanol–water partition coefficient (Wildman–Crippen LogP) is 1.97. The number of phenols is 1. The number of nitrogens with two attached hydrogens (primary N) is 1. The first-order valence-electron chi connectivity index (χ1n) is 5.16. The second-order valence-corrected chi connectivity index (χ2v) is 4.42. The molecule has 0 aromatic heterocycles. The van der Waals surface area contributed by atoms with E-state index in [4.69, 9.17) is 10.5 Å². The van der Waals surface area contributed by atoms with Gasteiger partial charge in [0.15, 0.2) is 11.5 Å². The molecule has 1 fully saturated rings. The summed E-state index contributed by atoms with van der Waals surface area (Å²) >= 11 is 0. The summed E-state index contributed by atoms with van der Waals surface area (Å²) in [6, 6.07) is 2.01. The van der Waals surface area contributed by atoms with Gasteiger partial charge in [-0.1, -0.05) is 6.07 Å². The Labute approximate surface area is 89.9 Å². The minimum atomic E-state index is -0.324. The molecule has 1 saturated carbocycles. The second-order valence-electron chi connectivity index (χ2n) is 4.42. The van der Waals surface area contributed by atoms with Gasteiger partial charge in [-0.05, 0) is 37.8 Å². The Morgan fingerprint density at radius 1 is 1.33 bits per heavy atom. The highest BCUT2D eigenvalue weighted by atomic mass is 16.5. The average molecular weight is 207 g/mol. The van der Waals surface area contributed by atoms with Crippen LogP contribution in [-0.2, 0) is 5.54 Å². The highest BCUT2D eigenvalue weighted by Gasteiger charge is 2.44. The van der Waals surface area contributed by atoms with Gasteiger partial charge in [-0.2, -0.15) is 0 Å². The fourth-order valence-corrected chi connectivity index (χ4v) is 2.22. The number of phenolic OH excluding ortho intramolecular Hbond substituents is 1. The van der Waals surface area contributed by atoms with Gasteiger partial charge in [-0.3, -0.25) is 0 Å². The van der Waals surface area contributed by atoms with Crippen molar-refractivity contribution in [1.82, 2.24) is 0 Å². The van der Waals surface area contributed by atoms with E-state index in [9.17, 15) is 5.11 Å². The van der Waals surface area contributed by atoms with E-state index in [1.165, 1.54) is 0 Å². The summed E-state index contributed by atoms with van der Waals surface area (Å²) in [6.07, 6.45) is 1.88. The molecule has 0 unspecified atom stereocenters. The van der Waals surface area contributed by atoms with Crippen molar-refractivity contribution >= 4 is 0 Å². The van der Waals surface area contributed by atoms with E-state index in [0.29, 0.717) is 5.75 Å². The molecule has 1 aliphatic rings. The highest BCUT2D eigenvalue weighted by Crippen LogP contribution is 2.50. The van der Waals surface area contributed by atoms with Crippen molar-refractivity contribution in [3.05, 3.63) is 22.8 Å². The number of hydrogen-bond donors (Lipinski definition) is 2. The molecule has 0 bridgehead atoms. The standard InChI is InChI=1S/C12H17NO2/c1-7-6-8(2)11(15-3)10(14)9(7)12(13)4-5-12/h6,14H,4-5,13H2,1-3H3. The Bertz CT molecular complexity index is 409. The normalized spacial score (nSPS) is 17.6. The van der Waals surface area contributed by atoms with Gasteiger partial charge in [-0.15, -0.1) is 0 Å². The Morgan fingerprint density at radius 2 is 1.93 bits per heavy atom. The third-order valence-corrected chi connectivity index (χ3v) is 3.13. The first-order valence-corrected chi connectivity index (χ1v) is 5.16. The van der Waals surface area contributed by atoms with E-state index >= 15 is 0 Å². The molecule has 2 rings (SSSR count). The number of rotatable bonds is 2. The molecule has 0 heterocycles. The van der Waals surface area contributed by atoms with Crippen LogP contribution in [0.4, 0.5) is 0 Å². The van der Waals surface area contributed by atoms with Gasteiger partial charge in [0.1, 0.15) is 0 Å². The van der Waals surface area contributed by atoms with E-state index in [0.717, 1.165) is 29.5 Å². The molecule has 3 heteroatoms. The smallest absolute Gasteiger partial charge is 0.163 e. The average Bonchev–Trinajstić information content (AvgIpc) is 2.83. The van der Waals surface area contributed by atoms with Crippen molar-refractivity contribution in [3.8, 4) is 11.5 Å². The maximum Gasteiger partial charge on any atom is 0.163 e. The number of hydrogen-bond acceptors (Lipinski definition) is 3. The van der Waals surface area contributed by atoms with Gasteiger partial charge in [0.25, 0.3) is 0 Å². The van der Waals surface area contributed by atoms with Crippen molar-refractivity contribution in [1.29, 1.82) is 0 Å². The lowest BCUT2D eigenvalue weighted by Crippen LogP contribution is -2.20. The highest BCUT2D eigenvalue weighted by molar-refractivity contribution is 5.58. The molecule has 1 aromatic rings. The molecule has 3 N–H and O–H groups in total. The third-order valence-electron chi connectivity index (χ3n) is 3.13. The fraction of sp³-hybridized carbons (Fsp3) is 0.500. The molecule has 1 aromatic carbocycles. The van der Waals surface area contributed by atoms with Crippen LogP contribution in [0.5, 0.6) is 11.5 Å². The summed E-state index contributed by atoms with van der Waals surface area (Å²) in [4.78, 5) is 0. The van der Waals surface area contributed by atoms with Crippen LogP contribution in [0.25, 0.3) is 0 Å². The van der Waals surface area contributed by atoms with Crippen molar-refractivity contribution in [3.63, 3.8) is 0 Å². The van der Waals surface area contributed by atoms with Crippen LogP contribution in [-0.4, -0.2) is 12.2 Å². The molecule has 0 aliphatic heterocycles. The summed E-state index contributed by atoms with van der Waals surface area (Å²) < 4.78 is 5.19. The molecule has 0 amide bonds. The lowest BCUT2D eigenvalue weighted by Gasteiger charge is -2.18. The van der Waals surface area contributed by atoms with Crippen molar-refractivity contribution in [2.24, 2.45) is 5.73 Å². The van der Waals surface area contributed by atoms with E-state index in [2.05, 4.69) is 0 Å². The fourth-order valence-electron chi connectivity index (χ4n) is 2.22. The summed E-state index contributed by atoms with van der Waals surface area (Å²) in [6.45, 7) is 3.90. The minimum Gasteiger partial charge on any atom is -0.504 e. The van der Waals surface area contributed by atoms with Gasteiger partial charge >= 0.3 is 0 Å². The Hall–Kier alpha value is -1.22. The molecule has 0 saturated heterocycles. The lowest BCUT2D eigenvalue weighted by molar-refractivity contribution is 0.365. The van der Waals surface area contributed by atoms with Crippen LogP contribution in [0, 0.1) is 13.8 Å². The summed E-state index contributed by atoms with van der Waals surface area (Å²) in [5, 5.41) is 10.1. The monoisotopic (exact) mass is 207 g/mol. The maximum atomic E-state index is 10.1. The van der Waals surface area contributed by atoms with Gasteiger partial charge < -0.3 is 15.6 Å². The summed E-state index contributed by atoms with van der Waals surface area (Å²) in [5.41, 5.74) is 8.65. The Balaban J connectivity index is 2.64. The zero-order chi connectivity index (χ0) is 11.2. The van der Waals surface area contributed by atoms with Gasteiger partial charge in [0.05, 0.1) is 7.11 Å². The maximum absolute atomic E-state index is 10.1. The van der Waals surface area contributed by atoms with Crippen molar-refractivity contribution < 1.29 is 9.84 Å². The molecular formula is C12H17NO2. The molecule has 1 aliphatic carbocycles. The van der Waals surface area contributed by atoms with Crippen molar-refractivity contribution in [2.75, 3.05) is 7.11 Å². The molecule has 82 valence electrons. The number of aryl methyl sites for hydroxylation is 2. The van der Waals surface area contributed by atoms with Gasteiger partial charge in [0, 0.05) is 11.1 Å². The Morgan fingerprint density at radius 3 is 2.40 bits per heavy atom. The molecule has 0 spiro atoms. The van der Waals surface area contributed by atoms with E-state index < -0.39 is 0 Å². The SMILES string of the molecule is COc1c(C)cc(C)c(C2(N)CC2)c1O. The Kier molecular flexibility index (Phi) is 2.15. The number of aromatic hydroxyl groups is 1. The second kappa shape index (κ2) is 3.14. The third kappa shape index (κ3) is 1.47. The van der Waals surface area contributed by atoms with E-state index in [-0.39, 0.29) is 11.3 Å². The van der Waals surface area contributed by atoms with Crippen LogP contribution in [0.1, 0.15) is 29.5 Å². The number of ether oxygens (including phenoxy) is 1. The quantitative estimate of drug-likeness (QED) is 0.779. The molecule has 15 heavy (non-hydrogen) atoms. The number of methoxy groups -OCH3 is 1. The molecule has 3 nitrogen and oxygen atoms in total. The van der Waals surface area contributed by atoms with Crippen LogP contribution < -0.4 is 10.5 Å². The van der Waals surface area contributed by atoms with Gasteiger partial charge in [0.2, 0.25) is 0 Å². The minimum absolute atomic E-state index is 0.218. The van der Waals surface area contributed by atoms with E-state index in [1.54, 1.807) is 7.11 Å². The molecule has 0 radical (unpaired) electrons.